The summed E-state index contributed by atoms with van der Waals surface area (Å²) < 4.78 is 0. The van der Waals surface area contributed by atoms with Gasteiger partial charge in [0.2, 0.25) is 11.8 Å². The van der Waals surface area contributed by atoms with Crippen LogP contribution in [0.3, 0.4) is 0 Å². The van der Waals surface area contributed by atoms with Gasteiger partial charge in [-0.2, -0.15) is 0 Å². The summed E-state index contributed by atoms with van der Waals surface area (Å²) >= 11 is 0. The molecular weight excluding hydrogens is 400 g/mol. The molecule has 0 spiro atoms. The third-order valence-corrected chi connectivity index (χ3v) is 5.75. The zero-order valence-electron chi connectivity index (χ0n) is 17.4. The van der Waals surface area contributed by atoms with Crippen LogP contribution in [0.25, 0.3) is 0 Å². The van der Waals surface area contributed by atoms with Gasteiger partial charge in [-0.05, 0) is 43.2 Å². The molecule has 1 aromatic rings. The van der Waals surface area contributed by atoms with Gasteiger partial charge in [0, 0.05) is 19.6 Å². The number of amides is 2. The molecule has 1 saturated heterocycles. The lowest BCUT2D eigenvalue weighted by Gasteiger charge is -2.32. The van der Waals surface area contributed by atoms with E-state index in [1.165, 1.54) is 0 Å². The Balaban J connectivity index is 1.65. The molecule has 3 rings (SSSR count). The number of nitrogens with two attached hydrogens (primary N) is 2. The van der Waals surface area contributed by atoms with Gasteiger partial charge in [-0.15, -0.1) is 0 Å². The largest absolute Gasteiger partial charge is 0.480 e. The molecule has 2 amide bonds. The van der Waals surface area contributed by atoms with E-state index in [9.17, 15) is 19.5 Å². The molecule has 0 aromatic heterocycles. The van der Waals surface area contributed by atoms with Crippen molar-refractivity contribution in [2.45, 2.75) is 50.2 Å². The number of guanidine groups is 1. The maximum absolute atomic E-state index is 13.3. The summed E-state index contributed by atoms with van der Waals surface area (Å²) in [6, 6.07) is 5.58. The second-order valence-electron chi connectivity index (χ2n) is 7.87. The van der Waals surface area contributed by atoms with Crippen molar-refractivity contribution in [1.29, 1.82) is 0 Å². The topological polar surface area (TPSA) is 163 Å². The van der Waals surface area contributed by atoms with Crippen LogP contribution >= 0.6 is 0 Å². The average molecular weight is 431 g/mol. The minimum atomic E-state index is -1.13. The van der Waals surface area contributed by atoms with Crippen molar-refractivity contribution in [3.05, 3.63) is 35.4 Å². The molecule has 168 valence electrons. The number of hydrogen-bond acceptors (Lipinski definition) is 5. The third kappa shape index (κ3) is 5.52. The second-order valence-corrected chi connectivity index (χ2v) is 7.87. The maximum atomic E-state index is 13.3. The summed E-state index contributed by atoms with van der Waals surface area (Å²) in [5.74, 6) is -1.78. The van der Waals surface area contributed by atoms with Crippen molar-refractivity contribution in [2.75, 3.05) is 19.6 Å². The fraction of sp³-hybridized carbons (Fsp3) is 0.524. The minimum absolute atomic E-state index is 0.0612. The van der Waals surface area contributed by atoms with Gasteiger partial charge in [0.1, 0.15) is 18.1 Å². The quantitative estimate of drug-likeness (QED) is 0.211. The molecule has 1 unspecified atom stereocenters. The Morgan fingerprint density at radius 3 is 2.81 bits per heavy atom. The number of aliphatic carboxylic acids is 1. The molecule has 0 radical (unpaired) electrons. The first-order valence-corrected chi connectivity index (χ1v) is 10.6. The molecule has 3 atom stereocenters. The summed E-state index contributed by atoms with van der Waals surface area (Å²) in [5.41, 5.74) is 12.6. The number of nitrogens with one attached hydrogen (secondary N) is 2. The van der Waals surface area contributed by atoms with E-state index in [1.807, 2.05) is 24.3 Å². The monoisotopic (exact) mass is 430 g/mol. The number of rotatable bonds is 8. The Morgan fingerprint density at radius 1 is 1.29 bits per heavy atom. The number of carboxylic acid groups (broad SMARTS) is 1. The molecule has 2 heterocycles. The van der Waals surface area contributed by atoms with Crippen LogP contribution in [0, 0.1) is 0 Å². The number of nitrogens with zero attached hydrogens (tertiary/aromatic N) is 2. The molecule has 1 aromatic carbocycles. The first-order chi connectivity index (χ1) is 14.9. The molecule has 0 bridgehead atoms. The van der Waals surface area contributed by atoms with E-state index in [-0.39, 0.29) is 24.8 Å². The molecule has 7 N–H and O–H groups in total. The van der Waals surface area contributed by atoms with Crippen LogP contribution in [0.15, 0.2) is 29.3 Å². The number of aliphatic imine (C=N–C) groups is 1. The molecule has 10 nitrogen and oxygen atoms in total. The first-order valence-electron chi connectivity index (χ1n) is 10.6. The fourth-order valence-electron chi connectivity index (χ4n) is 4.22. The van der Waals surface area contributed by atoms with E-state index in [0.29, 0.717) is 32.4 Å². The summed E-state index contributed by atoms with van der Waals surface area (Å²) in [7, 11) is 0. The maximum Gasteiger partial charge on any atom is 0.326 e. The second kappa shape index (κ2) is 10.3. The summed E-state index contributed by atoms with van der Waals surface area (Å²) in [4.78, 5) is 43.2. The van der Waals surface area contributed by atoms with Crippen molar-refractivity contribution in [3.63, 3.8) is 0 Å². The van der Waals surface area contributed by atoms with E-state index >= 15 is 0 Å². The van der Waals surface area contributed by atoms with E-state index < -0.39 is 30.0 Å². The molecule has 10 heteroatoms. The van der Waals surface area contributed by atoms with Gasteiger partial charge < -0.3 is 32.1 Å². The Kier molecular flexibility index (Phi) is 7.45. The average Bonchev–Trinajstić information content (AvgIpc) is 3.24. The molecule has 31 heavy (non-hydrogen) atoms. The highest BCUT2D eigenvalue weighted by Gasteiger charge is 2.39. The van der Waals surface area contributed by atoms with Crippen molar-refractivity contribution in [3.8, 4) is 0 Å². The summed E-state index contributed by atoms with van der Waals surface area (Å²) in [6.07, 6.45) is 2.65. The SMILES string of the molecule is NC(N)=NCCC[C@H](NC(=O)[C@@H]1CCCN1C(=O)C1NCCc2ccccc21)C(=O)O. The van der Waals surface area contributed by atoms with Gasteiger partial charge in [0.05, 0.1) is 0 Å². The van der Waals surface area contributed by atoms with Gasteiger partial charge in [-0.1, -0.05) is 24.3 Å². The van der Waals surface area contributed by atoms with Crippen LogP contribution in [-0.2, 0) is 20.8 Å². The smallest absolute Gasteiger partial charge is 0.326 e. The number of hydrogen-bond donors (Lipinski definition) is 5. The van der Waals surface area contributed by atoms with Crippen LogP contribution in [0.4, 0.5) is 0 Å². The highest BCUT2D eigenvalue weighted by molar-refractivity contribution is 5.93. The van der Waals surface area contributed by atoms with Crippen molar-refractivity contribution in [1.82, 2.24) is 15.5 Å². The predicted octanol–water partition coefficient (Wildman–Crippen LogP) is -0.513. The number of carbonyl (C=O) groups excluding carboxylic acids is 2. The molecule has 1 fully saturated rings. The van der Waals surface area contributed by atoms with E-state index in [1.54, 1.807) is 4.90 Å². The van der Waals surface area contributed by atoms with E-state index in [2.05, 4.69) is 15.6 Å². The lowest BCUT2D eigenvalue weighted by molar-refractivity contribution is -0.144. The predicted molar refractivity (Wildman–Crippen MR) is 115 cm³/mol. The highest BCUT2D eigenvalue weighted by Crippen LogP contribution is 2.28. The Bertz CT molecular complexity index is 854. The van der Waals surface area contributed by atoms with Gasteiger partial charge in [-0.25, -0.2) is 4.79 Å². The van der Waals surface area contributed by atoms with Crippen LogP contribution in [0.2, 0.25) is 0 Å². The number of carboxylic acids is 1. The highest BCUT2D eigenvalue weighted by atomic mass is 16.4. The Hall–Kier alpha value is -3.14. The van der Waals surface area contributed by atoms with E-state index in [4.69, 9.17) is 11.5 Å². The summed E-state index contributed by atoms with van der Waals surface area (Å²) in [6.45, 7) is 1.44. The normalized spacial score (nSPS) is 21.1. The van der Waals surface area contributed by atoms with Crippen molar-refractivity contribution in [2.24, 2.45) is 16.5 Å². The molecule has 0 saturated carbocycles. The van der Waals surface area contributed by atoms with Crippen LogP contribution < -0.4 is 22.1 Å². The lowest BCUT2D eigenvalue weighted by atomic mass is 9.93. The molecular formula is C21H30N6O4. The zero-order valence-corrected chi connectivity index (χ0v) is 17.4. The van der Waals surface area contributed by atoms with Crippen LogP contribution in [-0.4, -0.2) is 65.5 Å². The number of likely N-dealkylation sites (tertiary alicyclic amines) is 1. The number of fused-ring (bicyclic) bond motifs is 1. The van der Waals surface area contributed by atoms with Gasteiger partial charge >= 0.3 is 5.97 Å². The van der Waals surface area contributed by atoms with Crippen molar-refractivity contribution >= 4 is 23.7 Å². The molecule has 2 aliphatic rings. The number of benzene rings is 1. The van der Waals surface area contributed by atoms with Crippen LogP contribution in [0.1, 0.15) is 42.9 Å². The summed E-state index contributed by atoms with van der Waals surface area (Å²) in [5, 5.41) is 15.3. The minimum Gasteiger partial charge on any atom is -0.480 e. The van der Waals surface area contributed by atoms with Crippen LogP contribution in [0.5, 0.6) is 0 Å². The number of carbonyl (C=O) groups is 3. The van der Waals surface area contributed by atoms with Gasteiger partial charge in [0.15, 0.2) is 5.96 Å². The fourth-order valence-corrected chi connectivity index (χ4v) is 4.22. The Morgan fingerprint density at radius 2 is 2.06 bits per heavy atom. The third-order valence-electron chi connectivity index (χ3n) is 5.75. The Labute approximate surface area is 181 Å². The zero-order chi connectivity index (χ0) is 22.4. The lowest BCUT2D eigenvalue weighted by Crippen LogP contribution is -2.53. The standard InChI is InChI=1S/C21H30N6O4/c22-21(23)25-10-3-7-15(20(30)31)26-18(28)16-8-4-12-27(16)19(29)17-14-6-2-1-5-13(14)9-11-24-17/h1-2,5-6,15-17,24H,3-4,7-12H2,(H,26,28)(H,30,31)(H4,22,23,25)/t15-,16-,17?/m0/s1. The first kappa shape index (κ1) is 22.5. The van der Waals surface area contributed by atoms with E-state index in [0.717, 1.165) is 17.5 Å². The molecule has 2 aliphatic heterocycles. The van der Waals surface area contributed by atoms with Gasteiger partial charge in [0.25, 0.3) is 0 Å². The van der Waals surface area contributed by atoms with Gasteiger partial charge in [-0.3, -0.25) is 14.6 Å². The molecule has 0 aliphatic carbocycles. The van der Waals surface area contributed by atoms with Crippen molar-refractivity contribution < 1.29 is 19.5 Å².